The number of benzene rings is 2. The van der Waals surface area contributed by atoms with Crippen molar-refractivity contribution in [1.82, 2.24) is 4.90 Å². The number of thioether (sulfide) groups is 1. The SMILES string of the molecule is CCOC(=O)[C@@H](C)N1C(=O)S/C(=C/c2cccc(OCc3ccc(F)cc3)c2)C1=O. The van der Waals surface area contributed by atoms with Crippen LogP contribution in [0.5, 0.6) is 5.75 Å². The Bertz CT molecular complexity index is 989. The Morgan fingerprint density at radius 2 is 1.93 bits per heavy atom. The number of hydrogen-bond donors (Lipinski definition) is 0. The maximum atomic E-state index is 13.0. The van der Waals surface area contributed by atoms with E-state index < -0.39 is 23.2 Å². The van der Waals surface area contributed by atoms with Crippen molar-refractivity contribution in [1.29, 1.82) is 0 Å². The summed E-state index contributed by atoms with van der Waals surface area (Å²) in [6.45, 7) is 3.54. The predicted molar refractivity (Wildman–Crippen MR) is 111 cm³/mol. The van der Waals surface area contributed by atoms with E-state index in [1.54, 1.807) is 49.4 Å². The van der Waals surface area contributed by atoms with E-state index in [1.165, 1.54) is 19.1 Å². The summed E-state index contributed by atoms with van der Waals surface area (Å²) in [5.74, 6) is -0.917. The normalized spacial score (nSPS) is 16.1. The zero-order valence-electron chi connectivity index (χ0n) is 16.5. The highest BCUT2D eigenvalue weighted by Crippen LogP contribution is 2.34. The van der Waals surface area contributed by atoms with Crippen LogP contribution in [0.25, 0.3) is 6.08 Å². The van der Waals surface area contributed by atoms with Crippen LogP contribution in [0.1, 0.15) is 25.0 Å². The molecule has 1 fully saturated rings. The molecule has 0 unspecified atom stereocenters. The summed E-state index contributed by atoms with van der Waals surface area (Å²) >= 11 is 0.772. The molecule has 0 aliphatic carbocycles. The molecule has 1 atom stereocenters. The van der Waals surface area contributed by atoms with Gasteiger partial charge in [-0.15, -0.1) is 0 Å². The highest BCUT2D eigenvalue weighted by Gasteiger charge is 2.41. The summed E-state index contributed by atoms with van der Waals surface area (Å²) in [7, 11) is 0. The molecule has 1 aliphatic rings. The van der Waals surface area contributed by atoms with Gasteiger partial charge in [0.05, 0.1) is 11.5 Å². The molecule has 3 rings (SSSR count). The van der Waals surface area contributed by atoms with Crippen molar-refractivity contribution in [3.05, 3.63) is 70.4 Å². The third-order valence-electron chi connectivity index (χ3n) is 4.31. The minimum absolute atomic E-state index is 0.167. The standard InChI is InChI=1S/C22H20FNO5S/c1-3-28-21(26)14(2)24-20(25)19(30-22(24)27)12-16-5-4-6-18(11-16)29-13-15-7-9-17(23)10-8-15/h4-12,14H,3,13H2,1-2H3/b19-12+/t14-/m1/s1. The molecular formula is C22H20FNO5S. The molecule has 0 bridgehead atoms. The average Bonchev–Trinajstić information content (AvgIpc) is 3.00. The van der Waals surface area contributed by atoms with Crippen molar-refractivity contribution >= 4 is 35.0 Å². The number of imide groups is 1. The Labute approximate surface area is 177 Å². The largest absolute Gasteiger partial charge is 0.489 e. The first-order chi connectivity index (χ1) is 14.4. The zero-order valence-corrected chi connectivity index (χ0v) is 17.3. The van der Waals surface area contributed by atoms with Gasteiger partial charge in [-0.05, 0) is 67.1 Å². The van der Waals surface area contributed by atoms with Crippen molar-refractivity contribution in [2.75, 3.05) is 6.61 Å². The Morgan fingerprint density at radius 3 is 2.63 bits per heavy atom. The highest BCUT2D eigenvalue weighted by molar-refractivity contribution is 8.18. The minimum atomic E-state index is -0.992. The summed E-state index contributed by atoms with van der Waals surface area (Å²) < 4.78 is 23.6. The Balaban J connectivity index is 1.71. The topological polar surface area (TPSA) is 72.9 Å². The predicted octanol–water partition coefficient (Wildman–Crippen LogP) is 4.39. The number of rotatable bonds is 7. The smallest absolute Gasteiger partial charge is 0.329 e. The fraction of sp³-hybridized carbons (Fsp3) is 0.227. The monoisotopic (exact) mass is 429 g/mol. The number of amides is 2. The molecule has 1 saturated heterocycles. The van der Waals surface area contributed by atoms with Gasteiger partial charge >= 0.3 is 5.97 Å². The average molecular weight is 429 g/mol. The van der Waals surface area contributed by atoms with Crippen LogP contribution in [0, 0.1) is 5.82 Å². The lowest BCUT2D eigenvalue weighted by molar-refractivity contribution is -0.150. The lowest BCUT2D eigenvalue weighted by Gasteiger charge is -2.19. The van der Waals surface area contributed by atoms with Crippen molar-refractivity contribution in [2.45, 2.75) is 26.5 Å². The number of halogens is 1. The van der Waals surface area contributed by atoms with Gasteiger partial charge in [-0.3, -0.25) is 14.5 Å². The molecule has 1 heterocycles. The van der Waals surface area contributed by atoms with E-state index in [2.05, 4.69) is 0 Å². The lowest BCUT2D eigenvalue weighted by Crippen LogP contribution is -2.42. The van der Waals surface area contributed by atoms with Gasteiger partial charge in [-0.1, -0.05) is 24.3 Å². The molecule has 30 heavy (non-hydrogen) atoms. The summed E-state index contributed by atoms with van der Waals surface area (Å²) in [6, 6.07) is 12.0. The number of carbonyl (C=O) groups excluding carboxylic acids is 3. The second kappa shape index (κ2) is 9.58. The van der Waals surface area contributed by atoms with Crippen molar-refractivity contribution in [2.24, 2.45) is 0 Å². The Hall–Kier alpha value is -3.13. The maximum Gasteiger partial charge on any atom is 0.329 e. The van der Waals surface area contributed by atoms with Crippen LogP contribution in [-0.2, 0) is 20.9 Å². The van der Waals surface area contributed by atoms with Crippen LogP contribution in [0.3, 0.4) is 0 Å². The maximum absolute atomic E-state index is 13.0. The Morgan fingerprint density at radius 1 is 1.20 bits per heavy atom. The first-order valence-corrected chi connectivity index (χ1v) is 10.1. The van der Waals surface area contributed by atoms with Crippen LogP contribution in [0.4, 0.5) is 9.18 Å². The van der Waals surface area contributed by atoms with E-state index >= 15 is 0 Å². The van der Waals surface area contributed by atoms with Gasteiger partial charge < -0.3 is 9.47 Å². The molecule has 156 valence electrons. The van der Waals surface area contributed by atoms with Gasteiger partial charge in [0.15, 0.2) is 0 Å². The van der Waals surface area contributed by atoms with Gasteiger partial charge in [0.25, 0.3) is 11.1 Å². The molecule has 0 saturated carbocycles. The van der Waals surface area contributed by atoms with Gasteiger partial charge in [0, 0.05) is 0 Å². The lowest BCUT2D eigenvalue weighted by atomic mass is 10.2. The van der Waals surface area contributed by atoms with Gasteiger partial charge in [-0.2, -0.15) is 0 Å². The fourth-order valence-corrected chi connectivity index (χ4v) is 3.68. The quantitative estimate of drug-likeness (QED) is 0.480. The van der Waals surface area contributed by atoms with Gasteiger partial charge in [0.1, 0.15) is 24.2 Å². The summed E-state index contributed by atoms with van der Waals surface area (Å²) in [5, 5.41) is -0.518. The third-order valence-corrected chi connectivity index (χ3v) is 5.20. The summed E-state index contributed by atoms with van der Waals surface area (Å²) in [5.41, 5.74) is 1.48. The first-order valence-electron chi connectivity index (χ1n) is 9.30. The minimum Gasteiger partial charge on any atom is -0.489 e. The van der Waals surface area contributed by atoms with Crippen molar-refractivity contribution < 1.29 is 28.2 Å². The van der Waals surface area contributed by atoms with E-state index in [-0.39, 0.29) is 23.9 Å². The molecular weight excluding hydrogens is 409 g/mol. The van der Waals surface area contributed by atoms with Crippen LogP contribution in [-0.4, -0.2) is 34.7 Å². The summed E-state index contributed by atoms with van der Waals surface area (Å²) in [6.07, 6.45) is 1.58. The van der Waals surface area contributed by atoms with E-state index in [4.69, 9.17) is 9.47 Å². The molecule has 2 aromatic rings. The molecule has 1 aliphatic heterocycles. The third kappa shape index (κ3) is 5.07. The van der Waals surface area contributed by atoms with Crippen molar-refractivity contribution in [3.63, 3.8) is 0 Å². The first kappa shape index (κ1) is 21.6. The molecule has 6 nitrogen and oxygen atoms in total. The number of carbonyl (C=O) groups is 3. The number of nitrogens with zero attached hydrogens (tertiary/aromatic N) is 1. The highest BCUT2D eigenvalue weighted by atomic mass is 32.2. The van der Waals surface area contributed by atoms with E-state index in [1.807, 2.05) is 0 Å². The number of ether oxygens (including phenoxy) is 2. The Kier molecular flexibility index (Phi) is 6.89. The number of hydrogen-bond acceptors (Lipinski definition) is 6. The summed E-state index contributed by atoms with van der Waals surface area (Å²) in [4.78, 5) is 37.9. The zero-order chi connectivity index (χ0) is 21.7. The molecule has 2 aromatic carbocycles. The van der Waals surface area contributed by atoms with E-state index in [0.717, 1.165) is 22.2 Å². The molecule has 0 aromatic heterocycles. The van der Waals surface area contributed by atoms with Crippen molar-refractivity contribution in [3.8, 4) is 5.75 Å². The molecule has 0 radical (unpaired) electrons. The van der Waals surface area contributed by atoms with Crippen LogP contribution in [0.2, 0.25) is 0 Å². The van der Waals surface area contributed by atoms with Crippen LogP contribution < -0.4 is 4.74 Å². The van der Waals surface area contributed by atoms with Crippen LogP contribution in [0.15, 0.2) is 53.4 Å². The molecule has 0 N–H and O–H groups in total. The molecule has 2 amide bonds. The second-order valence-electron chi connectivity index (χ2n) is 6.47. The second-order valence-corrected chi connectivity index (χ2v) is 7.46. The molecule has 0 spiro atoms. The van der Waals surface area contributed by atoms with E-state index in [0.29, 0.717) is 11.3 Å². The number of esters is 1. The van der Waals surface area contributed by atoms with Gasteiger partial charge in [-0.25, -0.2) is 9.18 Å². The van der Waals surface area contributed by atoms with Gasteiger partial charge in [0.2, 0.25) is 0 Å². The fourth-order valence-electron chi connectivity index (χ4n) is 2.77. The van der Waals surface area contributed by atoms with E-state index in [9.17, 15) is 18.8 Å². The molecule has 8 heteroatoms. The van der Waals surface area contributed by atoms with Crippen LogP contribution >= 0.6 is 11.8 Å².